The first-order chi connectivity index (χ1) is 8.54. The Labute approximate surface area is 120 Å². The highest BCUT2D eigenvalue weighted by atomic mass is 35.5. The molecule has 0 bridgehead atoms. The lowest BCUT2D eigenvalue weighted by Gasteiger charge is -2.23. The fourth-order valence-corrected chi connectivity index (χ4v) is 3.54. The molecule has 102 valence electrons. The molecule has 0 aliphatic rings. The second kappa shape index (κ2) is 8.08. The molecule has 1 aromatic carbocycles. The van der Waals surface area contributed by atoms with Gasteiger partial charge in [0.15, 0.2) is 0 Å². The van der Waals surface area contributed by atoms with E-state index in [0.717, 1.165) is 17.4 Å². The zero-order valence-electron chi connectivity index (χ0n) is 11.5. The number of nitrogens with two attached hydrogens (primary N) is 1. The van der Waals surface area contributed by atoms with Crippen molar-refractivity contribution in [1.82, 2.24) is 0 Å². The summed E-state index contributed by atoms with van der Waals surface area (Å²) in [5.41, 5.74) is 7.54. The quantitative estimate of drug-likeness (QED) is 0.771. The monoisotopic (exact) mass is 285 g/mol. The molecule has 0 saturated heterocycles. The van der Waals surface area contributed by atoms with Crippen LogP contribution in [0.15, 0.2) is 24.3 Å². The molecule has 0 amide bonds. The number of benzene rings is 1. The van der Waals surface area contributed by atoms with Crippen molar-refractivity contribution in [2.24, 2.45) is 11.7 Å². The molecule has 0 fully saturated rings. The second-order valence-corrected chi connectivity index (χ2v) is 6.78. The third kappa shape index (κ3) is 5.21. The van der Waals surface area contributed by atoms with Gasteiger partial charge in [0.05, 0.1) is 0 Å². The Morgan fingerprint density at radius 3 is 2.33 bits per heavy atom. The Kier molecular flexibility index (Phi) is 7.13. The molecule has 1 aromatic rings. The van der Waals surface area contributed by atoms with Crippen LogP contribution in [0.4, 0.5) is 0 Å². The van der Waals surface area contributed by atoms with E-state index in [9.17, 15) is 0 Å². The summed E-state index contributed by atoms with van der Waals surface area (Å²) in [5.74, 6) is 1.92. The highest BCUT2D eigenvalue weighted by molar-refractivity contribution is 7.99. The van der Waals surface area contributed by atoms with Crippen molar-refractivity contribution in [3.63, 3.8) is 0 Å². The maximum Gasteiger partial charge on any atom is 0.0448 e. The Morgan fingerprint density at radius 2 is 1.83 bits per heavy atom. The minimum atomic E-state index is 0.211. The molecule has 1 nitrogen and oxygen atoms in total. The van der Waals surface area contributed by atoms with Crippen molar-refractivity contribution in [2.75, 3.05) is 5.75 Å². The van der Waals surface area contributed by atoms with Gasteiger partial charge in [-0.25, -0.2) is 0 Å². The van der Waals surface area contributed by atoms with Gasteiger partial charge < -0.3 is 5.73 Å². The molecule has 1 rings (SSSR count). The Bertz CT molecular complexity index is 337. The van der Waals surface area contributed by atoms with Gasteiger partial charge in [0.1, 0.15) is 0 Å². The van der Waals surface area contributed by atoms with E-state index in [1.807, 2.05) is 23.9 Å². The molecule has 3 heteroatoms. The van der Waals surface area contributed by atoms with E-state index in [1.165, 1.54) is 17.7 Å². The first-order valence-electron chi connectivity index (χ1n) is 6.67. The van der Waals surface area contributed by atoms with Crippen LogP contribution in [0.25, 0.3) is 0 Å². The minimum absolute atomic E-state index is 0.211. The zero-order valence-corrected chi connectivity index (χ0v) is 13.1. The number of hydrogen-bond acceptors (Lipinski definition) is 2. The van der Waals surface area contributed by atoms with Crippen LogP contribution in [0.2, 0.25) is 5.02 Å². The van der Waals surface area contributed by atoms with Gasteiger partial charge in [-0.1, -0.05) is 44.5 Å². The maximum atomic E-state index is 6.25. The van der Waals surface area contributed by atoms with E-state index >= 15 is 0 Å². The third-order valence-electron chi connectivity index (χ3n) is 3.05. The number of rotatable bonds is 7. The summed E-state index contributed by atoms with van der Waals surface area (Å²) < 4.78 is 0. The molecule has 2 atom stereocenters. The molecule has 0 aliphatic heterocycles. The maximum absolute atomic E-state index is 6.25. The SMILES string of the molecule is CCC(N)C(SCCC(C)C)c1ccc(Cl)cc1. The molecule has 0 heterocycles. The lowest BCUT2D eigenvalue weighted by Crippen LogP contribution is -2.26. The van der Waals surface area contributed by atoms with E-state index in [1.54, 1.807) is 0 Å². The fourth-order valence-electron chi connectivity index (χ4n) is 1.76. The average molecular weight is 286 g/mol. The van der Waals surface area contributed by atoms with Gasteiger partial charge in [0, 0.05) is 16.3 Å². The third-order valence-corrected chi connectivity index (χ3v) is 4.76. The van der Waals surface area contributed by atoms with Gasteiger partial charge >= 0.3 is 0 Å². The fraction of sp³-hybridized carbons (Fsp3) is 0.600. The molecule has 2 unspecified atom stereocenters. The topological polar surface area (TPSA) is 26.0 Å². The molecule has 0 radical (unpaired) electrons. The van der Waals surface area contributed by atoms with Gasteiger partial charge in [0.2, 0.25) is 0 Å². The molecule has 18 heavy (non-hydrogen) atoms. The van der Waals surface area contributed by atoms with Crippen LogP contribution in [0.5, 0.6) is 0 Å². The smallest absolute Gasteiger partial charge is 0.0448 e. The summed E-state index contributed by atoms with van der Waals surface area (Å²) >= 11 is 7.91. The molecular weight excluding hydrogens is 262 g/mol. The lowest BCUT2D eigenvalue weighted by molar-refractivity contribution is 0.618. The van der Waals surface area contributed by atoms with Crippen molar-refractivity contribution in [1.29, 1.82) is 0 Å². The van der Waals surface area contributed by atoms with Crippen LogP contribution < -0.4 is 5.73 Å². The summed E-state index contributed by atoms with van der Waals surface area (Å²) in [6.07, 6.45) is 2.24. The first kappa shape index (κ1) is 15.9. The predicted molar refractivity (Wildman–Crippen MR) is 84.4 cm³/mol. The van der Waals surface area contributed by atoms with E-state index in [2.05, 4.69) is 32.9 Å². The number of hydrogen-bond donors (Lipinski definition) is 1. The Balaban J connectivity index is 2.68. The summed E-state index contributed by atoms with van der Waals surface area (Å²) in [6.45, 7) is 6.67. The first-order valence-corrected chi connectivity index (χ1v) is 8.10. The molecule has 0 saturated carbocycles. The van der Waals surface area contributed by atoms with Crippen molar-refractivity contribution in [2.45, 2.75) is 44.9 Å². The van der Waals surface area contributed by atoms with Gasteiger partial charge in [-0.15, -0.1) is 0 Å². The van der Waals surface area contributed by atoms with Gasteiger partial charge in [-0.2, -0.15) is 11.8 Å². The van der Waals surface area contributed by atoms with Crippen LogP contribution in [0.3, 0.4) is 0 Å². The summed E-state index contributed by atoms with van der Waals surface area (Å²) in [4.78, 5) is 0. The van der Waals surface area contributed by atoms with Crippen molar-refractivity contribution >= 4 is 23.4 Å². The van der Waals surface area contributed by atoms with Crippen molar-refractivity contribution in [3.8, 4) is 0 Å². The standard InChI is InChI=1S/C15H24ClNS/c1-4-14(17)15(18-10-9-11(2)3)12-5-7-13(16)8-6-12/h5-8,11,14-15H,4,9-10,17H2,1-3H3. The largest absolute Gasteiger partial charge is 0.326 e. The lowest BCUT2D eigenvalue weighted by atomic mass is 10.0. The van der Waals surface area contributed by atoms with Gasteiger partial charge in [-0.3, -0.25) is 0 Å². The van der Waals surface area contributed by atoms with E-state index < -0.39 is 0 Å². The molecule has 0 spiro atoms. The Hall–Kier alpha value is -0.180. The summed E-state index contributed by atoms with van der Waals surface area (Å²) in [5, 5.41) is 1.17. The molecular formula is C15H24ClNS. The van der Waals surface area contributed by atoms with Crippen molar-refractivity contribution < 1.29 is 0 Å². The average Bonchev–Trinajstić information content (AvgIpc) is 2.35. The van der Waals surface area contributed by atoms with Crippen LogP contribution in [-0.2, 0) is 0 Å². The Morgan fingerprint density at radius 1 is 1.22 bits per heavy atom. The van der Waals surface area contributed by atoms with Crippen LogP contribution in [0.1, 0.15) is 44.4 Å². The molecule has 0 aliphatic carbocycles. The number of thioether (sulfide) groups is 1. The van der Waals surface area contributed by atoms with Crippen LogP contribution in [-0.4, -0.2) is 11.8 Å². The van der Waals surface area contributed by atoms with Crippen LogP contribution in [0, 0.1) is 5.92 Å². The summed E-state index contributed by atoms with van der Waals surface area (Å²) in [7, 11) is 0. The molecule has 2 N–H and O–H groups in total. The van der Waals surface area contributed by atoms with E-state index in [0.29, 0.717) is 5.25 Å². The highest BCUT2D eigenvalue weighted by Gasteiger charge is 2.18. The molecule has 0 aromatic heterocycles. The van der Waals surface area contributed by atoms with E-state index in [-0.39, 0.29) is 6.04 Å². The second-order valence-electron chi connectivity index (χ2n) is 5.10. The summed E-state index contributed by atoms with van der Waals surface area (Å²) in [6, 6.07) is 8.32. The number of halogens is 1. The van der Waals surface area contributed by atoms with Crippen LogP contribution >= 0.6 is 23.4 Å². The normalized spacial score (nSPS) is 14.8. The highest BCUT2D eigenvalue weighted by Crippen LogP contribution is 2.34. The van der Waals surface area contributed by atoms with Crippen molar-refractivity contribution in [3.05, 3.63) is 34.9 Å². The zero-order chi connectivity index (χ0) is 13.5. The van der Waals surface area contributed by atoms with E-state index in [4.69, 9.17) is 17.3 Å². The van der Waals surface area contributed by atoms with Gasteiger partial charge in [-0.05, 0) is 42.2 Å². The minimum Gasteiger partial charge on any atom is -0.326 e. The predicted octanol–water partition coefficient (Wildman–Crippen LogP) is 4.90. The van der Waals surface area contributed by atoms with Gasteiger partial charge in [0.25, 0.3) is 0 Å².